The van der Waals surface area contributed by atoms with Crippen LogP contribution in [0.4, 0.5) is 4.39 Å². The van der Waals surface area contributed by atoms with Crippen LogP contribution in [0.2, 0.25) is 5.02 Å². The highest BCUT2D eigenvalue weighted by atomic mass is 35.5. The number of carboxylic acids is 1. The third kappa shape index (κ3) is 5.47. The molecule has 0 aliphatic carbocycles. The second kappa shape index (κ2) is 9.92. The van der Waals surface area contributed by atoms with Crippen molar-refractivity contribution in [2.24, 2.45) is 0 Å². The number of nitrogens with one attached hydrogen (secondary N) is 1. The average Bonchev–Trinajstić information content (AvgIpc) is 2.68. The molecule has 0 saturated carbocycles. The zero-order valence-corrected chi connectivity index (χ0v) is 16.2. The Bertz CT molecular complexity index is 978. The summed E-state index contributed by atoms with van der Waals surface area (Å²) >= 11 is 5.95. The molecule has 1 amide bonds. The number of aromatic nitrogens is 2. The second-order valence-corrected chi connectivity index (χ2v) is 6.66. The van der Waals surface area contributed by atoms with E-state index in [4.69, 9.17) is 16.7 Å². The number of carboxylic acid groups (broad SMARTS) is 1. The molecule has 10 heteroatoms. The van der Waals surface area contributed by atoms with Crippen molar-refractivity contribution in [3.63, 3.8) is 0 Å². The molecule has 0 spiro atoms. The van der Waals surface area contributed by atoms with Gasteiger partial charge in [0.05, 0.1) is 12.5 Å². The first-order valence-electron chi connectivity index (χ1n) is 8.70. The van der Waals surface area contributed by atoms with E-state index in [0.717, 1.165) is 10.2 Å². The number of alkyl halides is 1. The lowest BCUT2D eigenvalue weighted by Gasteiger charge is -2.18. The maximum absolute atomic E-state index is 12.8. The number of ketones is 1. The topological polar surface area (TPSA) is 118 Å². The number of nitrogens with zero attached hydrogens (tertiary/aromatic N) is 2. The molecule has 2 N–H and O–H groups in total. The first-order valence-corrected chi connectivity index (χ1v) is 9.08. The van der Waals surface area contributed by atoms with Crippen LogP contribution in [-0.2, 0) is 20.9 Å². The number of rotatable bonds is 9. The highest BCUT2D eigenvalue weighted by Crippen LogP contribution is 2.17. The molecule has 2 rings (SSSR count). The molecule has 0 aliphatic rings. The minimum absolute atomic E-state index is 0.0823. The number of benzene rings is 1. The number of amides is 1. The summed E-state index contributed by atoms with van der Waals surface area (Å²) < 4.78 is 13.7. The van der Waals surface area contributed by atoms with E-state index in [9.17, 15) is 23.6 Å². The Morgan fingerprint density at radius 2 is 2.03 bits per heavy atom. The predicted molar refractivity (Wildman–Crippen MR) is 103 cm³/mol. The summed E-state index contributed by atoms with van der Waals surface area (Å²) in [5.41, 5.74) is 0.262. The molecule has 8 nitrogen and oxygen atoms in total. The number of halogens is 2. The average molecular weight is 424 g/mol. The smallest absolute Gasteiger partial charge is 0.334 e. The Labute approximate surface area is 170 Å². The lowest BCUT2D eigenvalue weighted by Crippen LogP contribution is -2.49. The van der Waals surface area contributed by atoms with Gasteiger partial charge in [-0.1, -0.05) is 30.7 Å². The SMILES string of the molecule is CCC(C(=O)NC(C(=O)O)C(=O)CF)c1ccnn(Cc2cccc(Cl)c2)c1=O. The highest BCUT2D eigenvalue weighted by molar-refractivity contribution is 6.30. The molecule has 0 saturated heterocycles. The van der Waals surface area contributed by atoms with Crippen molar-refractivity contribution >= 4 is 29.3 Å². The molecule has 154 valence electrons. The van der Waals surface area contributed by atoms with E-state index in [2.05, 4.69) is 5.10 Å². The molecule has 0 aliphatic heterocycles. The predicted octanol–water partition coefficient (Wildman–Crippen LogP) is 1.55. The standard InChI is InChI=1S/C19H19ClFN3O5/c1-2-13(17(26)23-16(19(28)29)15(25)9-21)14-6-7-22-24(18(14)27)10-11-4-3-5-12(20)8-11/h3-8,13,16H,2,9-10H2,1H3,(H,23,26)(H,28,29). The lowest BCUT2D eigenvalue weighted by molar-refractivity contribution is -0.146. The Kier molecular flexibility index (Phi) is 7.60. The highest BCUT2D eigenvalue weighted by Gasteiger charge is 2.31. The number of Topliss-reactive ketones (excluding diaryl/α,β-unsaturated/α-hetero) is 1. The summed E-state index contributed by atoms with van der Waals surface area (Å²) in [4.78, 5) is 47.9. The molecule has 1 heterocycles. The van der Waals surface area contributed by atoms with Crippen molar-refractivity contribution in [2.75, 3.05) is 6.67 Å². The van der Waals surface area contributed by atoms with E-state index in [-0.39, 0.29) is 18.5 Å². The zero-order chi connectivity index (χ0) is 21.6. The van der Waals surface area contributed by atoms with Crippen LogP contribution in [0.25, 0.3) is 0 Å². The minimum Gasteiger partial charge on any atom is -0.479 e. The van der Waals surface area contributed by atoms with Crippen molar-refractivity contribution in [1.29, 1.82) is 0 Å². The van der Waals surface area contributed by atoms with E-state index in [1.165, 1.54) is 12.3 Å². The maximum Gasteiger partial charge on any atom is 0.334 e. The van der Waals surface area contributed by atoms with Gasteiger partial charge in [0.1, 0.15) is 0 Å². The Hall–Kier alpha value is -3.07. The molecule has 2 atom stereocenters. The molecular weight excluding hydrogens is 405 g/mol. The van der Waals surface area contributed by atoms with Gasteiger partial charge in [-0.3, -0.25) is 14.4 Å². The van der Waals surface area contributed by atoms with Crippen LogP contribution in [-0.4, -0.2) is 45.3 Å². The van der Waals surface area contributed by atoms with E-state index in [1.807, 2.05) is 5.32 Å². The van der Waals surface area contributed by atoms with E-state index < -0.39 is 41.9 Å². The van der Waals surface area contributed by atoms with E-state index in [1.54, 1.807) is 31.2 Å². The summed E-state index contributed by atoms with van der Waals surface area (Å²) in [5.74, 6) is -4.86. The van der Waals surface area contributed by atoms with Gasteiger partial charge in [-0.25, -0.2) is 13.9 Å². The zero-order valence-electron chi connectivity index (χ0n) is 15.5. The molecule has 0 bridgehead atoms. The first-order chi connectivity index (χ1) is 13.8. The van der Waals surface area contributed by atoms with Gasteiger partial charge in [0, 0.05) is 16.8 Å². The maximum atomic E-state index is 12.8. The first kappa shape index (κ1) is 22.2. The second-order valence-electron chi connectivity index (χ2n) is 6.22. The monoisotopic (exact) mass is 423 g/mol. The van der Waals surface area contributed by atoms with Gasteiger partial charge in [0.15, 0.2) is 18.5 Å². The van der Waals surface area contributed by atoms with Crippen molar-refractivity contribution < 1.29 is 23.9 Å². The molecule has 1 aromatic heterocycles. The number of carbonyl (C=O) groups is 3. The molecule has 1 aromatic carbocycles. The molecule has 0 radical (unpaired) electrons. The van der Waals surface area contributed by atoms with Crippen molar-refractivity contribution in [2.45, 2.75) is 31.8 Å². The fourth-order valence-electron chi connectivity index (χ4n) is 2.80. The normalized spacial score (nSPS) is 12.8. The Balaban J connectivity index is 2.31. The number of hydrogen-bond donors (Lipinski definition) is 2. The lowest BCUT2D eigenvalue weighted by atomic mass is 9.96. The van der Waals surface area contributed by atoms with Gasteiger partial charge in [0.25, 0.3) is 5.56 Å². The summed E-state index contributed by atoms with van der Waals surface area (Å²) in [7, 11) is 0. The van der Waals surface area contributed by atoms with Gasteiger partial charge in [-0.05, 0) is 30.2 Å². The van der Waals surface area contributed by atoms with Gasteiger partial charge in [0.2, 0.25) is 5.91 Å². The quantitative estimate of drug-likeness (QED) is 0.591. The fraction of sp³-hybridized carbons (Fsp3) is 0.316. The van der Waals surface area contributed by atoms with Crippen LogP contribution >= 0.6 is 11.6 Å². The summed E-state index contributed by atoms with van der Waals surface area (Å²) in [6.45, 7) is 0.206. The third-order valence-electron chi connectivity index (χ3n) is 4.25. The van der Waals surface area contributed by atoms with Crippen molar-refractivity contribution in [3.8, 4) is 0 Å². The Morgan fingerprint density at radius 1 is 1.31 bits per heavy atom. The van der Waals surface area contributed by atoms with Gasteiger partial charge in [-0.15, -0.1) is 0 Å². The van der Waals surface area contributed by atoms with E-state index >= 15 is 0 Å². The van der Waals surface area contributed by atoms with Crippen LogP contribution in [0, 0.1) is 0 Å². The van der Waals surface area contributed by atoms with Crippen molar-refractivity contribution in [1.82, 2.24) is 15.1 Å². The Morgan fingerprint density at radius 3 is 2.62 bits per heavy atom. The van der Waals surface area contributed by atoms with Crippen LogP contribution in [0.3, 0.4) is 0 Å². The van der Waals surface area contributed by atoms with Gasteiger partial charge < -0.3 is 10.4 Å². The minimum atomic E-state index is -2.02. The van der Waals surface area contributed by atoms with Crippen LogP contribution in [0.1, 0.15) is 30.4 Å². The third-order valence-corrected chi connectivity index (χ3v) is 4.49. The van der Waals surface area contributed by atoms with Crippen LogP contribution < -0.4 is 10.9 Å². The summed E-state index contributed by atoms with van der Waals surface area (Å²) in [6, 6.07) is 6.19. The number of aliphatic carboxylic acids is 1. The van der Waals surface area contributed by atoms with Crippen LogP contribution in [0.15, 0.2) is 41.3 Å². The summed E-state index contributed by atoms with van der Waals surface area (Å²) in [6.07, 6.45) is 1.50. The molecule has 2 unspecified atom stereocenters. The van der Waals surface area contributed by atoms with E-state index in [0.29, 0.717) is 5.02 Å². The molecule has 29 heavy (non-hydrogen) atoms. The molecule has 2 aromatic rings. The van der Waals surface area contributed by atoms with Crippen LogP contribution in [0.5, 0.6) is 0 Å². The summed E-state index contributed by atoms with van der Waals surface area (Å²) in [5, 5.41) is 15.5. The van der Waals surface area contributed by atoms with Gasteiger partial charge in [-0.2, -0.15) is 5.10 Å². The molecular formula is C19H19ClFN3O5. The van der Waals surface area contributed by atoms with Crippen molar-refractivity contribution in [3.05, 3.63) is 63.0 Å². The largest absolute Gasteiger partial charge is 0.479 e. The fourth-order valence-corrected chi connectivity index (χ4v) is 3.01. The molecule has 0 fully saturated rings. The van der Waals surface area contributed by atoms with Gasteiger partial charge >= 0.3 is 5.97 Å². The number of hydrogen-bond acceptors (Lipinski definition) is 5. The number of carbonyl (C=O) groups excluding carboxylic acids is 2.